The number of aromatic nitrogens is 3. The summed E-state index contributed by atoms with van der Waals surface area (Å²) in [6.45, 7) is 8.38. The lowest BCUT2D eigenvalue weighted by atomic mass is 10.1. The molecule has 2 atom stereocenters. The van der Waals surface area contributed by atoms with E-state index in [0.717, 1.165) is 11.5 Å². The quantitative estimate of drug-likeness (QED) is 0.682. The van der Waals surface area contributed by atoms with Gasteiger partial charge < -0.3 is 20.2 Å². The molecule has 0 saturated carbocycles. The van der Waals surface area contributed by atoms with Crippen LogP contribution in [0.1, 0.15) is 42.1 Å². The number of H-pyrrole nitrogens is 2. The monoisotopic (exact) mass is 372 g/mol. The Hall–Kier alpha value is -2.61. The first-order valence-corrected chi connectivity index (χ1v) is 9.49. The number of aryl methyl sites for hydroxylation is 1. The van der Waals surface area contributed by atoms with Gasteiger partial charge in [-0.05, 0) is 33.3 Å². The summed E-state index contributed by atoms with van der Waals surface area (Å²) in [6.07, 6.45) is 5.85. The van der Waals surface area contributed by atoms with Gasteiger partial charge in [0.25, 0.3) is 5.91 Å². The number of hydrogen-bond acceptors (Lipinski definition) is 4. The normalized spacial score (nSPS) is 20.0. The van der Waals surface area contributed by atoms with Gasteiger partial charge in [-0.25, -0.2) is 4.98 Å². The molecule has 3 rings (SSSR count). The molecule has 1 fully saturated rings. The summed E-state index contributed by atoms with van der Waals surface area (Å²) in [5.74, 6) is 0.828. The summed E-state index contributed by atoms with van der Waals surface area (Å²) in [7, 11) is 0. The van der Waals surface area contributed by atoms with Crippen LogP contribution < -0.4 is 5.32 Å². The van der Waals surface area contributed by atoms with Crippen LogP contribution in [0.5, 0.6) is 0 Å². The number of aromatic amines is 2. The highest BCUT2D eigenvalue weighted by molar-refractivity contribution is 5.95. The number of nitrogens with zero attached hydrogens (tertiary/aromatic N) is 3. The Morgan fingerprint density at radius 3 is 2.67 bits per heavy atom. The van der Waals surface area contributed by atoms with E-state index in [9.17, 15) is 9.59 Å². The molecule has 0 aliphatic carbocycles. The highest BCUT2D eigenvalue weighted by Crippen LogP contribution is 2.22. The van der Waals surface area contributed by atoms with Crippen LogP contribution in [-0.4, -0.2) is 68.3 Å². The number of carbonyl (C=O) groups excluding carboxylic acids is 2. The van der Waals surface area contributed by atoms with Gasteiger partial charge in [-0.15, -0.1) is 0 Å². The maximum Gasteiger partial charge on any atom is 0.253 e. The van der Waals surface area contributed by atoms with Gasteiger partial charge in [0.1, 0.15) is 5.82 Å². The number of carbonyl (C=O) groups is 2. The number of amides is 2. The van der Waals surface area contributed by atoms with Gasteiger partial charge in [-0.1, -0.05) is 0 Å². The summed E-state index contributed by atoms with van der Waals surface area (Å²) < 4.78 is 0. The molecule has 0 spiro atoms. The molecule has 1 aliphatic heterocycles. The fourth-order valence-electron chi connectivity index (χ4n) is 3.72. The van der Waals surface area contributed by atoms with E-state index >= 15 is 0 Å². The fraction of sp³-hybridized carbons (Fsp3) is 0.526. The number of likely N-dealkylation sites (N-methyl/N-ethyl adjacent to an activating group) is 1. The number of rotatable bonds is 7. The highest BCUT2D eigenvalue weighted by Gasteiger charge is 2.39. The Balaban J connectivity index is 1.73. The number of hydrogen-bond donors (Lipinski definition) is 3. The SMILES string of the molecule is CCN(CC)C(=O)[C@@H]1C[C@H](NC(=O)c2cc[nH]c2C)CN1Cc1ncc[nH]1. The number of likely N-dealkylation sites (tertiary alicyclic amines) is 1. The number of nitrogens with one attached hydrogen (secondary N) is 3. The topological polar surface area (TPSA) is 97.1 Å². The van der Waals surface area contributed by atoms with Gasteiger partial charge >= 0.3 is 0 Å². The van der Waals surface area contributed by atoms with Crippen molar-refractivity contribution in [3.05, 3.63) is 41.7 Å². The molecule has 146 valence electrons. The van der Waals surface area contributed by atoms with E-state index in [1.54, 1.807) is 24.7 Å². The van der Waals surface area contributed by atoms with Gasteiger partial charge in [0.2, 0.25) is 5.91 Å². The fourth-order valence-corrected chi connectivity index (χ4v) is 3.72. The predicted molar refractivity (Wildman–Crippen MR) is 102 cm³/mol. The molecule has 0 bridgehead atoms. The first-order valence-electron chi connectivity index (χ1n) is 9.49. The van der Waals surface area contributed by atoms with E-state index in [2.05, 4.69) is 25.2 Å². The van der Waals surface area contributed by atoms with Crippen LogP contribution >= 0.6 is 0 Å². The first kappa shape index (κ1) is 19.2. The Morgan fingerprint density at radius 2 is 2.07 bits per heavy atom. The largest absolute Gasteiger partial charge is 0.365 e. The van der Waals surface area contributed by atoms with E-state index in [1.165, 1.54) is 0 Å². The molecule has 3 heterocycles. The summed E-state index contributed by atoms with van der Waals surface area (Å²) in [5, 5.41) is 3.09. The van der Waals surface area contributed by atoms with E-state index in [0.29, 0.717) is 38.2 Å². The molecule has 1 aliphatic rings. The second-order valence-corrected chi connectivity index (χ2v) is 6.91. The molecular formula is C19H28N6O2. The minimum absolute atomic E-state index is 0.0775. The van der Waals surface area contributed by atoms with Crippen molar-refractivity contribution >= 4 is 11.8 Å². The van der Waals surface area contributed by atoms with E-state index in [1.807, 2.05) is 25.7 Å². The lowest BCUT2D eigenvalue weighted by Crippen LogP contribution is -2.45. The lowest BCUT2D eigenvalue weighted by molar-refractivity contribution is -0.135. The van der Waals surface area contributed by atoms with Crippen LogP contribution in [0.4, 0.5) is 0 Å². The van der Waals surface area contributed by atoms with Crippen molar-refractivity contribution < 1.29 is 9.59 Å². The minimum atomic E-state index is -0.257. The second kappa shape index (κ2) is 8.39. The smallest absolute Gasteiger partial charge is 0.253 e. The minimum Gasteiger partial charge on any atom is -0.365 e. The Labute approximate surface area is 159 Å². The Kier molecular flexibility index (Phi) is 5.95. The van der Waals surface area contributed by atoms with Crippen LogP contribution in [0, 0.1) is 6.92 Å². The van der Waals surface area contributed by atoms with Crippen LogP contribution in [0.15, 0.2) is 24.7 Å². The first-order chi connectivity index (χ1) is 13.0. The molecule has 27 heavy (non-hydrogen) atoms. The molecule has 3 N–H and O–H groups in total. The Morgan fingerprint density at radius 1 is 1.30 bits per heavy atom. The van der Waals surface area contributed by atoms with Crippen LogP contribution in [-0.2, 0) is 11.3 Å². The van der Waals surface area contributed by atoms with Crippen molar-refractivity contribution in [3.8, 4) is 0 Å². The van der Waals surface area contributed by atoms with Crippen LogP contribution in [0.2, 0.25) is 0 Å². The van der Waals surface area contributed by atoms with Crippen molar-refractivity contribution in [3.63, 3.8) is 0 Å². The third kappa shape index (κ3) is 4.21. The van der Waals surface area contributed by atoms with E-state index in [4.69, 9.17) is 0 Å². The van der Waals surface area contributed by atoms with Crippen molar-refractivity contribution in [1.29, 1.82) is 0 Å². The average molecular weight is 372 g/mol. The third-order valence-electron chi connectivity index (χ3n) is 5.21. The maximum absolute atomic E-state index is 13.0. The zero-order valence-electron chi connectivity index (χ0n) is 16.2. The van der Waals surface area contributed by atoms with Crippen molar-refractivity contribution in [2.24, 2.45) is 0 Å². The molecule has 0 aromatic carbocycles. The second-order valence-electron chi connectivity index (χ2n) is 6.91. The predicted octanol–water partition coefficient (Wildman–Crippen LogP) is 1.29. The highest BCUT2D eigenvalue weighted by atomic mass is 16.2. The van der Waals surface area contributed by atoms with E-state index in [-0.39, 0.29) is 23.9 Å². The Bertz CT molecular complexity index is 765. The zero-order chi connectivity index (χ0) is 19.4. The molecule has 0 radical (unpaired) electrons. The summed E-state index contributed by atoms with van der Waals surface area (Å²) in [4.78, 5) is 39.9. The van der Waals surface area contributed by atoms with Gasteiger partial charge in [-0.2, -0.15) is 0 Å². The van der Waals surface area contributed by atoms with Crippen LogP contribution in [0.3, 0.4) is 0 Å². The molecule has 0 unspecified atom stereocenters. The number of imidazole rings is 1. The molecular weight excluding hydrogens is 344 g/mol. The van der Waals surface area contributed by atoms with Gasteiger partial charge in [0, 0.05) is 50.0 Å². The van der Waals surface area contributed by atoms with Crippen molar-refractivity contribution in [1.82, 2.24) is 30.1 Å². The maximum atomic E-state index is 13.0. The molecule has 2 amide bonds. The molecule has 2 aromatic rings. The van der Waals surface area contributed by atoms with Gasteiger partial charge in [0.15, 0.2) is 0 Å². The molecule has 8 heteroatoms. The molecule has 2 aromatic heterocycles. The third-order valence-corrected chi connectivity index (χ3v) is 5.21. The summed E-state index contributed by atoms with van der Waals surface area (Å²) in [6, 6.07) is 1.44. The van der Waals surface area contributed by atoms with Crippen molar-refractivity contribution in [2.75, 3.05) is 19.6 Å². The zero-order valence-corrected chi connectivity index (χ0v) is 16.2. The lowest BCUT2D eigenvalue weighted by Gasteiger charge is -2.28. The standard InChI is InChI=1S/C19H28N6O2/c1-4-24(5-2)19(27)16-10-14(11-25(16)12-17-21-8-9-22-17)23-18(26)15-6-7-20-13(15)3/h6-9,14,16,20H,4-5,10-12H2,1-3H3,(H,21,22)(H,23,26)/t14-,16-/m0/s1. The van der Waals surface area contributed by atoms with Gasteiger partial charge in [-0.3, -0.25) is 14.5 Å². The van der Waals surface area contributed by atoms with E-state index < -0.39 is 0 Å². The summed E-state index contributed by atoms with van der Waals surface area (Å²) >= 11 is 0. The van der Waals surface area contributed by atoms with Crippen LogP contribution in [0.25, 0.3) is 0 Å². The average Bonchev–Trinajstić information content (AvgIpc) is 3.38. The van der Waals surface area contributed by atoms with Gasteiger partial charge in [0.05, 0.1) is 18.2 Å². The molecule has 1 saturated heterocycles. The summed E-state index contributed by atoms with van der Waals surface area (Å²) in [5.41, 5.74) is 1.49. The molecule has 8 nitrogen and oxygen atoms in total. The van der Waals surface area contributed by atoms with Crippen molar-refractivity contribution in [2.45, 2.75) is 45.8 Å².